The maximum Gasteiger partial charge on any atom is 0.262 e. The first-order valence-corrected chi connectivity index (χ1v) is 11.4. The lowest BCUT2D eigenvalue weighted by atomic mass is 10.1. The van der Waals surface area contributed by atoms with Crippen LogP contribution in [0.3, 0.4) is 0 Å². The van der Waals surface area contributed by atoms with Crippen LogP contribution in [0.2, 0.25) is 0 Å². The predicted octanol–water partition coefficient (Wildman–Crippen LogP) is 3.14. The number of thioether (sulfide) groups is 1. The van der Waals surface area contributed by atoms with Gasteiger partial charge in [-0.05, 0) is 42.2 Å². The number of rotatable bonds is 7. The Kier molecular flexibility index (Phi) is 7.02. The second-order valence-electron chi connectivity index (χ2n) is 7.40. The largest absolute Gasteiger partial charge is 0.493 e. The van der Waals surface area contributed by atoms with Gasteiger partial charge in [-0.25, -0.2) is 0 Å². The van der Waals surface area contributed by atoms with E-state index in [1.54, 1.807) is 11.8 Å². The van der Waals surface area contributed by atoms with Crippen LogP contribution in [0.15, 0.2) is 47.6 Å². The van der Waals surface area contributed by atoms with Crippen molar-refractivity contribution in [1.82, 2.24) is 9.88 Å². The fourth-order valence-electron chi connectivity index (χ4n) is 3.42. The molecular formula is C23H27N3O3S. The Morgan fingerprint density at radius 1 is 1.13 bits per heavy atom. The molecule has 1 unspecified atom stereocenters. The molecule has 4 rings (SSSR count). The van der Waals surface area contributed by atoms with Gasteiger partial charge in [0.25, 0.3) is 5.91 Å². The van der Waals surface area contributed by atoms with E-state index in [1.807, 2.05) is 30.5 Å². The zero-order valence-corrected chi connectivity index (χ0v) is 18.1. The fraction of sp³-hybridized carbons (Fsp3) is 0.435. The van der Waals surface area contributed by atoms with Crippen molar-refractivity contribution in [2.24, 2.45) is 4.99 Å². The lowest BCUT2D eigenvalue weighted by molar-refractivity contribution is -0.117. The molecule has 7 heteroatoms. The Bertz CT molecular complexity index is 878. The first kappa shape index (κ1) is 20.9. The van der Waals surface area contributed by atoms with E-state index in [1.165, 1.54) is 5.56 Å². The third-order valence-electron chi connectivity index (χ3n) is 5.28. The van der Waals surface area contributed by atoms with Gasteiger partial charge < -0.3 is 14.4 Å². The van der Waals surface area contributed by atoms with Crippen LogP contribution in [0.1, 0.15) is 23.7 Å². The number of carbonyl (C=O) groups excluding carboxylic acids is 1. The summed E-state index contributed by atoms with van der Waals surface area (Å²) in [5.41, 5.74) is 3.40. The van der Waals surface area contributed by atoms with Crippen LogP contribution in [0.5, 0.6) is 5.75 Å². The third kappa shape index (κ3) is 5.40. The van der Waals surface area contributed by atoms with Gasteiger partial charge in [-0.2, -0.15) is 4.99 Å². The molecule has 2 aliphatic rings. The van der Waals surface area contributed by atoms with E-state index in [0.717, 1.165) is 48.1 Å². The molecule has 0 aliphatic carbocycles. The molecule has 0 spiro atoms. The summed E-state index contributed by atoms with van der Waals surface area (Å²) in [6.07, 6.45) is 4.39. The number of aryl methyl sites for hydroxylation is 1. The molecule has 1 amide bonds. The van der Waals surface area contributed by atoms with E-state index in [2.05, 4.69) is 33.9 Å². The van der Waals surface area contributed by atoms with E-state index in [-0.39, 0.29) is 11.2 Å². The molecule has 30 heavy (non-hydrogen) atoms. The molecule has 3 heterocycles. The molecular weight excluding hydrogens is 398 g/mol. The maximum absolute atomic E-state index is 12.3. The zero-order valence-electron chi connectivity index (χ0n) is 17.3. The van der Waals surface area contributed by atoms with Gasteiger partial charge in [0.2, 0.25) is 0 Å². The minimum atomic E-state index is -0.146. The Morgan fingerprint density at radius 2 is 1.90 bits per heavy atom. The minimum absolute atomic E-state index is 0.0385. The number of amidine groups is 1. The standard InChI is InChI=1S/C23H27N3O3S/c1-2-17-3-6-19(24-16-17)9-12-29-20-7-4-18(5-8-20)15-21-22(27)25-23(30-21)26-10-13-28-14-11-26/h3-8,16,21H,2,9-15H2,1H3. The van der Waals surface area contributed by atoms with E-state index in [4.69, 9.17) is 9.47 Å². The van der Waals surface area contributed by atoms with Gasteiger partial charge in [0.15, 0.2) is 5.17 Å². The highest BCUT2D eigenvalue weighted by Gasteiger charge is 2.31. The van der Waals surface area contributed by atoms with E-state index >= 15 is 0 Å². The molecule has 0 N–H and O–H groups in total. The second kappa shape index (κ2) is 10.1. The summed E-state index contributed by atoms with van der Waals surface area (Å²) in [6.45, 7) is 5.71. The SMILES string of the molecule is CCc1ccc(CCOc2ccc(CC3SC(N4CCOCC4)=NC3=O)cc2)nc1. The van der Waals surface area contributed by atoms with Crippen LogP contribution < -0.4 is 4.74 Å². The lowest BCUT2D eigenvalue weighted by Gasteiger charge is -2.27. The Hall–Kier alpha value is -2.38. The minimum Gasteiger partial charge on any atom is -0.493 e. The van der Waals surface area contributed by atoms with Gasteiger partial charge >= 0.3 is 0 Å². The number of ether oxygens (including phenoxy) is 2. The molecule has 6 nitrogen and oxygen atoms in total. The Morgan fingerprint density at radius 3 is 2.60 bits per heavy atom. The van der Waals surface area contributed by atoms with Gasteiger partial charge in [-0.15, -0.1) is 0 Å². The van der Waals surface area contributed by atoms with Gasteiger partial charge in [-0.3, -0.25) is 9.78 Å². The molecule has 0 bridgehead atoms. The molecule has 1 saturated heterocycles. The number of amides is 1. The molecule has 0 radical (unpaired) electrons. The summed E-state index contributed by atoms with van der Waals surface area (Å²) in [5.74, 6) is 0.794. The number of aliphatic imine (C=N–C) groups is 1. The number of morpholine rings is 1. The number of hydrogen-bond donors (Lipinski definition) is 0. The zero-order chi connectivity index (χ0) is 20.8. The van der Waals surface area contributed by atoms with Crippen molar-refractivity contribution in [2.45, 2.75) is 31.4 Å². The van der Waals surface area contributed by atoms with Gasteiger partial charge in [0.1, 0.15) is 5.75 Å². The van der Waals surface area contributed by atoms with Crippen molar-refractivity contribution in [2.75, 3.05) is 32.9 Å². The summed E-state index contributed by atoms with van der Waals surface area (Å²) in [6, 6.07) is 12.2. The van der Waals surface area contributed by atoms with Crippen LogP contribution in [0.25, 0.3) is 0 Å². The van der Waals surface area contributed by atoms with Crippen LogP contribution in [-0.4, -0.2) is 59.1 Å². The summed E-state index contributed by atoms with van der Waals surface area (Å²) in [4.78, 5) is 23.2. The Labute approximate surface area is 181 Å². The number of benzene rings is 1. The van der Waals surface area contributed by atoms with E-state index < -0.39 is 0 Å². The summed E-state index contributed by atoms with van der Waals surface area (Å²) in [7, 11) is 0. The highest BCUT2D eigenvalue weighted by Crippen LogP contribution is 2.28. The van der Waals surface area contributed by atoms with Crippen molar-refractivity contribution in [3.05, 3.63) is 59.4 Å². The topological polar surface area (TPSA) is 64.0 Å². The van der Waals surface area contributed by atoms with Crippen molar-refractivity contribution in [1.29, 1.82) is 0 Å². The van der Waals surface area contributed by atoms with Crippen molar-refractivity contribution >= 4 is 22.8 Å². The van der Waals surface area contributed by atoms with Crippen LogP contribution in [-0.2, 0) is 28.8 Å². The van der Waals surface area contributed by atoms with Gasteiger partial charge in [0, 0.05) is 31.4 Å². The van der Waals surface area contributed by atoms with Crippen molar-refractivity contribution in [3.8, 4) is 5.75 Å². The highest BCUT2D eigenvalue weighted by atomic mass is 32.2. The maximum atomic E-state index is 12.3. The molecule has 1 aromatic carbocycles. The van der Waals surface area contributed by atoms with Gasteiger partial charge in [-0.1, -0.05) is 36.9 Å². The number of nitrogens with zero attached hydrogens (tertiary/aromatic N) is 3. The van der Waals surface area contributed by atoms with Crippen LogP contribution in [0.4, 0.5) is 0 Å². The molecule has 0 saturated carbocycles. The van der Waals surface area contributed by atoms with Crippen LogP contribution >= 0.6 is 11.8 Å². The summed E-state index contributed by atoms with van der Waals surface area (Å²) in [5, 5.41) is 0.695. The first-order valence-electron chi connectivity index (χ1n) is 10.5. The molecule has 2 aliphatic heterocycles. The first-order chi connectivity index (χ1) is 14.7. The number of carbonyl (C=O) groups is 1. The number of hydrogen-bond acceptors (Lipinski definition) is 6. The quantitative estimate of drug-likeness (QED) is 0.679. The molecule has 158 valence electrons. The average molecular weight is 426 g/mol. The summed E-state index contributed by atoms with van der Waals surface area (Å²) >= 11 is 1.57. The third-order valence-corrected chi connectivity index (χ3v) is 6.49. The average Bonchev–Trinajstić information content (AvgIpc) is 3.16. The van der Waals surface area contributed by atoms with E-state index in [9.17, 15) is 4.79 Å². The van der Waals surface area contributed by atoms with Crippen molar-refractivity contribution < 1.29 is 14.3 Å². The van der Waals surface area contributed by atoms with E-state index in [0.29, 0.717) is 26.2 Å². The smallest absolute Gasteiger partial charge is 0.262 e. The molecule has 1 fully saturated rings. The lowest BCUT2D eigenvalue weighted by Crippen LogP contribution is -2.39. The normalized spacial score (nSPS) is 19.1. The number of pyridine rings is 1. The monoisotopic (exact) mass is 425 g/mol. The predicted molar refractivity (Wildman–Crippen MR) is 119 cm³/mol. The fourth-order valence-corrected chi connectivity index (χ4v) is 4.58. The molecule has 2 aromatic rings. The molecule has 1 aromatic heterocycles. The highest BCUT2D eigenvalue weighted by molar-refractivity contribution is 8.15. The second-order valence-corrected chi connectivity index (χ2v) is 8.57. The number of aromatic nitrogens is 1. The summed E-state index contributed by atoms with van der Waals surface area (Å²) < 4.78 is 11.2. The van der Waals surface area contributed by atoms with Gasteiger partial charge in [0.05, 0.1) is 25.1 Å². The molecule has 1 atom stereocenters. The van der Waals surface area contributed by atoms with Crippen LogP contribution in [0, 0.1) is 0 Å². The van der Waals surface area contributed by atoms with Crippen molar-refractivity contribution in [3.63, 3.8) is 0 Å². The Balaban J connectivity index is 1.24.